The van der Waals surface area contributed by atoms with Gasteiger partial charge in [-0.15, -0.1) is 0 Å². The minimum atomic E-state index is -0.754. The molecule has 0 fully saturated rings. The maximum absolute atomic E-state index is 9.72. The van der Waals surface area contributed by atoms with Gasteiger partial charge in [-0.05, 0) is 43.7 Å². The molecule has 1 heterocycles. The van der Waals surface area contributed by atoms with E-state index in [1.807, 2.05) is 61.5 Å². The zero-order valence-electron chi connectivity index (χ0n) is 14.6. The van der Waals surface area contributed by atoms with Gasteiger partial charge >= 0.3 is 0 Å². The number of aliphatic hydroxyl groups excluding tert-OH is 1. The summed E-state index contributed by atoms with van der Waals surface area (Å²) in [6.45, 7) is 3.63. The first-order chi connectivity index (χ1) is 12.5. The molecular formula is C20H20ClN3O2. The molecule has 2 unspecified atom stereocenters. The molecule has 3 rings (SSSR count). The molecule has 0 saturated heterocycles. The van der Waals surface area contributed by atoms with E-state index < -0.39 is 6.10 Å². The number of hydrogen-bond donors (Lipinski definition) is 2. The molecule has 6 heteroatoms. The Morgan fingerprint density at radius 1 is 0.962 bits per heavy atom. The van der Waals surface area contributed by atoms with Crippen molar-refractivity contribution in [2.45, 2.75) is 26.0 Å². The first kappa shape index (κ1) is 18.2. The van der Waals surface area contributed by atoms with Crippen LogP contribution in [0.3, 0.4) is 0 Å². The summed E-state index contributed by atoms with van der Waals surface area (Å²) in [7, 11) is 0. The predicted octanol–water partition coefficient (Wildman–Crippen LogP) is 5.15. The topological polar surface area (TPSA) is 67.3 Å². The summed E-state index contributed by atoms with van der Waals surface area (Å²) in [5.74, 6) is 2.06. The van der Waals surface area contributed by atoms with Gasteiger partial charge in [0.15, 0.2) is 0 Å². The summed E-state index contributed by atoms with van der Waals surface area (Å²) >= 11 is 6.28. The molecule has 0 amide bonds. The van der Waals surface area contributed by atoms with Gasteiger partial charge in [0, 0.05) is 6.04 Å². The van der Waals surface area contributed by atoms with E-state index >= 15 is 0 Å². The van der Waals surface area contributed by atoms with Gasteiger partial charge in [-0.3, -0.25) is 0 Å². The third kappa shape index (κ3) is 4.31. The first-order valence-electron chi connectivity index (χ1n) is 8.32. The molecule has 0 bridgehead atoms. The number of halogens is 1. The van der Waals surface area contributed by atoms with Crippen LogP contribution in [0, 0.1) is 0 Å². The molecule has 0 aliphatic rings. The number of aromatic nitrogens is 2. The largest absolute Gasteiger partial charge is 0.457 e. The van der Waals surface area contributed by atoms with Crippen LogP contribution in [0.5, 0.6) is 11.5 Å². The molecule has 2 aromatic carbocycles. The van der Waals surface area contributed by atoms with Gasteiger partial charge in [0.25, 0.3) is 0 Å². The normalized spacial score (nSPS) is 13.1. The van der Waals surface area contributed by atoms with Crippen molar-refractivity contribution < 1.29 is 9.84 Å². The average molecular weight is 370 g/mol. The van der Waals surface area contributed by atoms with Crippen molar-refractivity contribution in [1.82, 2.24) is 9.97 Å². The summed E-state index contributed by atoms with van der Waals surface area (Å²) in [5, 5.41) is 13.3. The van der Waals surface area contributed by atoms with Crippen LogP contribution < -0.4 is 10.1 Å². The Hall–Kier alpha value is -2.63. The molecule has 2 atom stereocenters. The van der Waals surface area contributed by atoms with E-state index in [0.29, 0.717) is 16.5 Å². The van der Waals surface area contributed by atoms with Crippen LogP contribution in [0.4, 0.5) is 5.82 Å². The predicted molar refractivity (Wildman–Crippen MR) is 103 cm³/mol. The second kappa shape index (κ2) is 8.17. The average Bonchev–Trinajstić information content (AvgIpc) is 2.64. The molecule has 26 heavy (non-hydrogen) atoms. The lowest BCUT2D eigenvalue weighted by molar-refractivity contribution is 0.194. The van der Waals surface area contributed by atoms with Gasteiger partial charge in [-0.25, -0.2) is 9.97 Å². The third-order valence-electron chi connectivity index (χ3n) is 3.92. The summed E-state index contributed by atoms with van der Waals surface area (Å²) in [6, 6.07) is 17.4. The molecule has 0 aliphatic carbocycles. The second-order valence-corrected chi connectivity index (χ2v) is 6.33. The Labute approximate surface area is 157 Å². The summed E-state index contributed by atoms with van der Waals surface area (Å²) < 4.78 is 5.80. The van der Waals surface area contributed by atoms with Crippen molar-refractivity contribution in [2.24, 2.45) is 0 Å². The van der Waals surface area contributed by atoms with E-state index in [-0.39, 0.29) is 6.04 Å². The van der Waals surface area contributed by atoms with Gasteiger partial charge in [0.05, 0.1) is 11.8 Å². The lowest BCUT2D eigenvalue weighted by atomic mass is 10.1. The Kier molecular flexibility index (Phi) is 5.71. The third-order valence-corrected chi connectivity index (χ3v) is 4.30. The van der Waals surface area contributed by atoms with Crippen molar-refractivity contribution in [1.29, 1.82) is 0 Å². The fourth-order valence-corrected chi connectivity index (χ4v) is 2.82. The van der Waals surface area contributed by atoms with Crippen molar-refractivity contribution in [3.63, 3.8) is 0 Å². The number of aliphatic hydroxyl groups is 1. The van der Waals surface area contributed by atoms with Crippen LogP contribution in [0.1, 0.15) is 37.3 Å². The number of benzene rings is 2. The quantitative estimate of drug-likeness (QED) is 0.629. The van der Waals surface area contributed by atoms with Crippen molar-refractivity contribution in [3.05, 3.63) is 77.2 Å². The molecule has 0 radical (unpaired) electrons. The Morgan fingerprint density at radius 2 is 1.62 bits per heavy atom. The molecule has 2 N–H and O–H groups in total. The molecule has 1 aromatic heterocycles. The highest BCUT2D eigenvalue weighted by molar-refractivity contribution is 6.33. The summed E-state index contributed by atoms with van der Waals surface area (Å²) in [4.78, 5) is 8.19. The number of rotatable bonds is 6. The van der Waals surface area contributed by atoms with Gasteiger partial charge in [-0.1, -0.05) is 41.9 Å². The van der Waals surface area contributed by atoms with E-state index in [2.05, 4.69) is 15.3 Å². The van der Waals surface area contributed by atoms with Crippen molar-refractivity contribution in [3.8, 4) is 11.5 Å². The summed E-state index contributed by atoms with van der Waals surface area (Å²) in [6.07, 6.45) is 0.635. The van der Waals surface area contributed by atoms with Crippen molar-refractivity contribution >= 4 is 17.4 Å². The van der Waals surface area contributed by atoms with E-state index in [1.165, 1.54) is 6.33 Å². The molecule has 0 aliphatic heterocycles. The molecule has 3 aromatic rings. The smallest absolute Gasteiger partial charge is 0.149 e. The number of ether oxygens (including phenoxy) is 1. The van der Waals surface area contributed by atoms with Crippen LogP contribution in [0.2, 0.25) is 5.02 Å². The highest BCUT2D eigenvalue weighted by Crippen LogP contribution is 2.30. The van der Waals surface area contributed by atoms with Gasteiger partial charge in [0.2, 0.25) is 0 Å². The lowest BCUT2D eigenvalue weighted by Gasteiger charge is -2.17. The number of nitrogens with one attached hydrogen (secondary N) is 1. The fraction of sp³-hybridized carbons (Fsp3) is 0.200. The van der Waals surface area contributed by atoms with Crippen molar-refractivity contribution in [2.75, 3.05) is 5.32 Å². The van der Waals surface area contributed by atoms with Crippen LogP contribution in [-0.4, -0.2) is 15.1 Å². The number of hydrogen-bond acceptors (Lipinski definition) is 5. The number of anilines is 1. The first-order valence-corrected chi connectivity index (χ1v) is 8.70. The van der Waals surface area contributed by atoms with Crippen LogP contribution in [-0.2, 0) is 0 Å². The Bertz CT molecular complexity index is 855. The number of para-hydroxylation sites is 1. The Balaban J connectivity index is 1.71. The van der Waals surface area contributed by atoms with Crippen LogP contribution in [0.25, 0.3) is 0 Å². The van der Waals surface area contributed by atoms with Crippen LogP contribution in [0.15, 0.2) is 60.9 Å². The minimum Gasteiger partial charge on any atom is -0.457 e. The standard InChI is InChI=1S/C20H20ClN3O2/c1-13(24-20-18(21)19(14(2)25)22-12-23-20)15-8-10-17(11-9-15)26-16-6-4-3-5-7-16/h3-14,25H,1-2H3,(H,22,23,24). The van der Waals surface area contributed by atoms with E-state index in [9.17, 15) is 5.11 Å². The highest BCUT2D eigenvalue weighted by atomic mass is 35.5. The maximum atomic E-state index is 9.72. The fourth-order valence-electron chi connectivity index (χ4n) is 2.51. The maximum Gasteiger partial charge on any atom is 0.149 e. The van der Waals surface area contributed by atoms with Gasteiger partial charge in [0.1, 0.15) is 28.7 Å². The zero-order chi connectivity index (χ0) is 18.5. The molecule has 0 saturated carbocycles. The number of nitrogens with zero attached hydrogens (tertiary/aromatic N) is 2. The van der Waals surface area contributed by atoms with E-state index in [4.69, 9.17) is 16.3 Å². The second-order valence-electron chi connectivity index (χ2n) is 5.95. The van der Waals surface area contributed by atoms with Crippen LogP contribution >= 0.6 is 11.6 Å². The Morgan fingerprint density at radius 3 is 2.27 bits per heavy atom. The SMILES string of the molecule is CC(O)c1ncnc(NC(C)c2ccc(Oc3ccccc3)cc2)c1Cl. The van der Waals surface area contributed by atoms with Gasteiger partial charge < -0.3 is 15.2 Å². The molecule has 5 nitrogen and oxygen atoms in total. The minimum absolute atomic E-state index is 0.0324. The molecule has 0 spiro atoms. The monoisotopic (exact) mass is 369 g/mol. The summed E-state index contributed by atoms with van der Waals surface area (Å²) in [5.41, 5.74) is 1.46. The van der Waals surface area contributed by atoms with E-state index in [0.717, 1.165) is 17.1 Å². The molecule has 134 valence electrons. The zero-order valence-corrected chi connectivity index (χ0v) is 15.3. The molecular weight excluding hydrogens is 350 g/mol. The highest BCUT2D eigenvalue weighted by Gasteiger charge is 2.15. The van der Waals surface area contributed by atoms with E-state index in [1.54, 1.807) is 6.92 Å². The lowest BCUT2D eigenvalue weighted by Crippen LogP contribution is -2.10. The van der Waals surface area contributed by atoms with Gasteiger partial charge in [-0.2, -0.15) is 0 Å².